The molecule has 0 saturated heterocycles. The Morgan fingerprint density at radius 1 is 1.29 bits per heavy atom. The van der Waals surface area contributed by atoms with Crippen molar-refractivity contribution >= 4 is 0 Å². The summed E-state index contributed by atoms with van der Waals surface area (Å²) in [5.74, 6) is 1.56. The Labute approximate surface area is 46.9 Å². The Bertz CT molecular complexity index is 29.0. The van der Waals surface area contributed by atoms with Crippen molar-refractivity contribution < 1.29 is 0 Å². The van der Waals surface area contributed by atoms with Crippen LogP contribution in [0.25, 0.3) is 0 Å². The Morgan fingerprint density at radius 2 is 1.86 bits per heavy atom. The summed E-state index contributed by atoms with van der Waals surface area (Å²) in [6.07, 6.45) is 4.00. The fraction of sp³-hybridized carbons (Fsp3) is 0.857. The highest BCUT2D eigenvalue weighted by molar-refractivity contribution is 4.75. The van der Waals surface area contributed by atoms with Crippen LogP contribution in [0, 0.1) is 5.92 Å². The Hall–Kier alpha value is 0. The molecule has 43 valence electrons. The summed E-state index contributed by atoms with van der Waals surface area (Å²) in [5, 5.41) is 0. The summed E-state index contributed by atoms with van der Waals surface area (Å²) in [7, 11) is 0. The van der Waals surface area contributed by atoms with E-state index in [9.17, 15) is 0 Å². The van der Waals surface area contributed by atoms with Gasteiger partial charge < -0.3 is 0 Å². The van der Waals surface area contributed by atoms with Gasteiger partial charge in [0.1, 0.15) is 0 Å². The lowest BCUT2D eigenvalue weighted by atomic mass is 10.1. The van der Waals surface area contributed by atoms with Gasteiger partial charge in [-0.2, -0.15) is 0 Å². The van der Waals surface area contributed by atoms with Gasteiger partial charge in [-0.3, -0.25) is 0 Å². The maximum absolute atomic E-state index is 2.23. The van der Waals surface area contributed by atoms with Gasteiger partial charge in [-0.05, 0) is 12.3 Å². The van der Waals surface area contributed by atoms with Gasteiger partial charge in [0.2, 0.25) is 0 Å². The van der Waals surface area contributed by atoms with E-state index in [4.69, 9.17) is 0 Å². The second kappa shape index (κ2) is 4.17. The van der Waals surface area contributed by atoms with Crippen LogP contribution in [0.1, 0.15) is 40.0 Å². The summed E-state index contributed by atoms with van der Waals surface area (Å²) in [6, 6.07) is 0. The molecule has 0 aliphatic heterocycles. The van der Waals surface area contributed by atoms with Crippen LogP contribution in [0.2, 0.25) is 0 Å². The van der Waals surface area contributed by atoms with E-state index in [2.05, 4.69) is 20.8 Å². The van der Waals surface area contributed by atoms with Crippen molar-refractivity contribution in [2.24, 2.45) is 0 Å². The monoisotopic (exact) mass is 99.1 g/mol. The number of hydrogen-bond acceptors (Lipinski definition) is 0. The van der Waals surface area contributed by atoms with Crippen molar-refractivity contribution in [1.29, 1.82) is 0 Å². The van der Waals surface area contributed by atoms with E-state index in [0.29, 0.717) is 0 Å². The zero-order valence-corrected chi connectivity index (χ0v) is 5.62. The van der Waals surface area contributed by atoms with Crippen LogP contribution in [0.3, 0.4) is 0 Å². The average molecular weight is 99.2 g/mol. The summed E-state index contributed by atoms with van der Waals surface area (Å²) in [4.78, 5) is 0. The lowest BCUT2D eigenvalue weighted by molar-refractivity contribution is 0.729. The molecule has 7 heavy (non-hydrogen) atoms. The first kappa shape index (κ1) is 7.00. The van der Waals surface area contributed by atoms with Crippen LogP contribution in [0.5, 0.6) is 0 Å². The van der Waals surface area contributed by atoms with Crippen LogP contribution in [-0.2, 0) is 0 Å². The zero-order chi connectivity index (χ0) is 5.70. The van der Waals surface area contributed by atoms with Gasteiger partial charge >= 0.3 is 0 Å². The van der Waals surface area contributed by atoms with Crippen LogP contribution >= 0.6 is 0 Å². The number of rotatable bonds is 3. The van der Waals surface area contributed by atoms with Crippen LogP contribution in [0.4, 0.5) is 0 Å². The summed E-state index contributed by atoms with van der Waals surface area (Å²) < 4.78 is 0. The highest BCUT2D eigenvalue weighted by Crippen LogP contribution is 2.06. The van der Waals surface area contributed by atoms with E-state index >= 15 is 0 Å². The Morgan fingerprint density at radius 3 is 2.00 bits per heavy atom. The van der Waals surface area contributed by atoms with Gasteiger partial charge in [-0.1, -0.05) is 33.6 Å². The third-order valence-corrected chi connectivity index (χ3v) is 1.03. The minimum atomic E-state index is 1.32. The Balaban J connectivity index is 2.68. The molecule has 0 fully saturated rings. The van der Waals surface area contributed by atoms with Crippen molar-refractivity contribution in [3.05, 3.63) is 5.92 Å². The Kier molecular flexibility index (Phi) is 4.17. The van der Waals surface area contributed by atoms with E-state index < -0.39 is 0 Å². The highest BCUT2D eigenvalue weighted by atomic mass is 13.9. The van der Waals surface area contributed by atoms with E-state index in [1.807, 2.05) is 0 Å². The van der Waals surface area contributed by atoms with Crippen molar-refractivity contribution in [1.82, 2.24) is 0 Å². The third-order valence-electron chi connectivity index (χ3n) is 1.03. The van der Waals surface area contributed by atoms with Crippen molar-refractivity contribution in [3.8, 4) is 0 Å². The summed E-state index contributed by atoms with van der Waals surface area (Å²) >= 11 is 0. The van der Waals surface area contributed by atoms with Gasteiger partial charge in [0.25, 0.3) is 0 Å². The quantitative estimate of drug-likeness (QED) is 0.510. The predicted molar refractivity (Wildman–Crippen MR) is 34.1 cm³/mol. The van der Waals surface area contributed by atoms with Crippen molar-refractivity contribution in [2.75, 3.05) is 0 Å². The lowest BCUT2D eigenvalue weighted by Gasteiger charge is -1.98. The minimum Gasteiger partial charge on any atom is -0.0654 e. The first-order valence-electron chi connectivity index (χ1n) is 3.06. The van der Waals surface area contributed by atoms with Crippen molar-refractivity contribution in [3.63, 3.8) is 0 Å². The molecule has 0 N–H and O–H groups in total. The normalized spacial score (nSPS) is 10.3. The van der Waals surface area contributed by atoms with E-state index in [-0.39, 0.29) is 0 Å². The maximum atomic E-state index is 2.23. The average Bonchev–Trinajstić information content (AvgIpc) is 1.61. The third kappa shape index (κ3) is 6.00. The lowest BCUT2D eigenvalue weighted by Crippen LogP contribution is -1.81. The fourth-order valence-electron chi connectivity index (χ4n) is 0.530. The summed E-state index contributed by atoms with van der Waals surface area (Å²) in [6.45, 7) is 6.61. The molecule has 0 unspecified atom stereocenters. The van der Waals surface area contributed by atoms with Gasteiger partial charge in [0, 0.05) is 0 Å². The molecule has 0 aliphatic carbocycles. The van der Waals surface area contributed by atoms with Gasteiger partial charge in [0.15, 0.2) is 0 Å². The van der Waals surface area contributed by atoms with Crippen molar-refractivity contribution in [2.45, 2.75) is 40.0 Å². The van der Waals surface area contributed by atoms with Crippen LogP contribution < -0.4 is 0 Å². The zero-order valence-electron chi connectivity index (χ0n) is 5.62. The molecule has 0 amide bonds. The number of unbranched alkanes of at least 4 members (excludes halogenated alkanes) is 1. The maximum Gasteiger partial charge on any atom is -0.0303 e. The molecule has 0 spiro atoms. The fourth-order valence-corrected chi connectivity index (χ4v) is 0.530. The number of hydrogen-bond donors (Lipinski definition) is 0. The standard InChI is InChI=1S/C7H15/c1-4-5-6-7(2)3/h4-6H2,1-3H3. The molecule has 0 aliphatic rings. The largest absolute Gasteiger partial charge is 0.0654 e. The van der Waals surface area contributed by atoms with Gasteiger partial charge in [-0.15, -0.1) is 0 Å². The first-order chi connectivity index (χ1) is 3.27. The van der Waals surface area contributed by atoms with Crippen LogP contribution in [0.15, 0.2) is 0 Å². The van der Waals surface area contributed by atoms with Crippen LogP contribution in [-0.4, -0.2) is 0 Å². The molecule has 0 aromatic heterocycles. The van der Waals surface area contributed by atoms with Gasteiger partial charge in [0.05, 0.1) is 0 Å². The molecular formula is C7H15. The first-order valence-corrected chi connectivity index (χ1v) is 3.06. The molecule has 0 nitrogen and oxygen atoms in total. The molecule has 1 radical (unpaired) electrons. The molecule has 0 aromatic rings. The second-order valence-corrected chi connectivity index (χ2v) is 2.31. The minimum absolute atomic E-state index is 1.32. The molecule has 0 heterocycles. The molecule has 0 atom stereocenters. The molecule has 0 heteroatoms. The molecule has 0 aromatic carbocycles. The molecule has 0 rings (SSSR count). The topological polar surface area (TPSA) is 0 Å². The molecule has 0 bridgehead atoms. The molecule has 0 saturated carbocycles. The second-order valence-electron chi connectivity index (χ2n) is 2.31. The smallest absolute Gasteiger partial charge is 0.0303 e. The van der Waals surface area contributed by atoms with E-state index in [1.54, 1.807) is 5.92 Å². The predicted octanol–water partition coefficient (Wildman–Crippen LogP) is 2.79. The highest BCUT2D eigenvalue weighted by Gasteiger charge is 1.89. The molecular weight excluding hydrogens is 84.1 g/mol. The van der Waals surface area contributed by atoms with E-state index in [1.165, 1.54) is 19.3 Å². The van der Waals surface area contributed by atoms with E-state index in [0.717, 1.165) is 0 Å². The SMILES string of the molecule is CCCC[C](C)C. The van der Waals surface area contributed by atoms with Gasteiger partial charge in [-0.25, -0.2) is 0 Å². The summed E-state index contributed by atoms with van der Waals surface area (Å²) in [5.41, 5.74) is 0.